The Kier molecular flexibility index (Phi) is 4.98. The number of para-hydroxylation sites is 1. The van der Waals surface area contributed by atoms with E-state index >= 15 is 0 Å². The van der Waals surface area contributed by atoms with Gasteiger partial charge in [0.15, 0.2) is 11.6 Å². The fraction of sp³-hybridized carbons (Fsp3) is 0.412. The van der Waals surface area contributed by atoms with E-state index in [1.54, 1.807) is 18.3 Å². The summed E-state index contributed by atoms with van der Waals surface area (Å²) in [6.07, 6.45) is 4.24. The molecule has 1 aliphatic rings. The number of hydrogen-bond donors (Lipinski definition) is 2. The Morgan fingerprint density at radius 1 is 1.50 bits per heavy atom. The lowest BCUT2D eigenvalue weighted by Gasteiger charge is -2.27. The van der Waals surface area contributed by atoms with Gasteiger partial charge < -0.3 is 15.4 Å². The van der Waals surface area contributed by atoms with Crippen LogP contribution in [0, 0.1) is 11.7 Å². The van der Waals surface area contributed by atoms with E-state index in [1.165, 1.54) is 6.07 Å². The van der Waals surface area contributed by atoms with Gasteiger partial charge in [-0.2, -0.15) is 5.10 Å². The molecule has 24 heavy (non-hydrogen) atoms. The van der Waals surface area contributed by atoms with Gasteiger partial charge in [0.25, 0.3) is 0 Å². The number of urea groups is 1. The molecule has 7 heteroatoms. The third-order valence-electron chi connectivity index (χ3n) is 4.00. The molecule has 2 heterocycles. The first-order valence-corrected chi connectivity index (χ1v) is 8.06. The van der Waals surface area contributed by atoms with Gasteiger partial charge in [-0.05, 0) is 18.1 Å². The second-order valence-corrected chi connectivity index (χ2v) is 6.04. The number of benzene rings is 1. The molecule has 2 aromatic rings. The van der Waals surface area contributed by atoms with E-state index < -0.39 is 5.82 Å². The van der Waals surface area contributed by atoms with Crippen LogP contribution in [0.15, 0.2) is 36.7 Å². The van der Waals surface area contributed by atoms with Gasteiger partial charge in [-0.25, -0.2) is 9.18 Å². The molecule has 1 aromatic carbocycles. The first kappa shape index (κ1) is 16.3. The van der Waals surface area contributed by atoms with Gasteiger partial charge in [-0.1, -0.05) is 19.1 Å². The highest BCUT2D eigenvalue weighted by Gasteiger charge is 2.25. The number of nitrogens with zero attached hydrogens (tertiary/aromatic N) is 2. The topological polar surface area (TPSA) is 68.2 Å². The average molecular weight is 332 g/mol. The Hall–Kier alpha value is -2.57. The summed E-state index contributed by atoms with van der Waals surface area (Å²) in [5, 5.41) is 9.91. The number of nitrogens with one attached hydrogen (secondary N) is 2. The van der Waals surface area contributed by atoms with Crippen LogP contribution in [0.1, 0.15) is 24.9 Å². The summed E-state index contributed by atoms with van der Waals surface area (Å²) in [7, 11) is 0. The number of carbonyl (C=O) groups excluding carboxylic acids is 1. The third kappa shape index (κ3) is 3.84. The lowest BCUT2D eigenvalue weighted by atomic mass is 10.0. The number of amides is 2. The number of halogens is 1. The summed E-state index contributed by atoms with van der Waals surface area (Å²) in [5.74, 6) is 0.0865. The molecule has 0 radical (unpaired) electrons. The van der Waals surface area contributed by atoms with Crippen LogP contribution in [0.2, 0.25) is 0 Å². The Labute approximate surface area is 140 Å². The summed E-state index contributed by atoms with van der Waals surface area (Å²) in [5.41, 5.74) is 0.681. The number of ether oxygens (including phenoxy) is 1. The Morgan fingerprint density at radius 2 is 2.38 bits per heavy atom. The van der Waals surface area contributed by atoms with Crippen molar-refractivity contribution in [2.45, 2.75) is 25.9 Å². The Balaban J connectivity index is 1.52. The van der Waals surface area contributed by atoms with Gasteiger partial charge in [0, 0.05) is 37.5 Å². The van der Waals surface area contributed by atoms with E-state index in [0.29, 0.717) is 25.1 Å². The van der Waals surface area contributed by atoms with Crippen LogP contribution >= 0.6 is 0 Å². The summed E-state index contributed by atoms with van der Waals surface area (Å²) < 4.78 is 21.0. The van der Waals surface area contributed by atoms with Gasteiger partial charge in [-0.15, -0.1) is 0 Å². The zero-order valence-corrected chi connectivity index (χ0v) is 13.5. The molecule has 1 unspecified atom stereocenters. The van der Waals surface area contributed by atoms with Crippen molar-refractivity contribution < 1.29 is 13.9 Å². The maximum Gasteiger partial charge on any atom is 0.315 e. The molecule has 3 rings (SSSR count). The fourth-order valence-corrected chi connectivity index (χ4v) is 2.80. The zero-order chi connectivity index (χ0) is 16.9. The van der Waals surface area contributed by atoms with Crippen LogP contribution in [0.25, 0.3) is 0 Å². The van der Waals surface area contributed by atoms with Crippen LogP contribution in [-0.2, 0) is 6.54 Å². The van der Waals surface area contributed by atoms with Gasteiger partial charge in [0.1, 0.15) is 0 Å². The van der Waals surface area contributed by atoms with Crippen molar-refractivity contribution in [2.24, 2.45) is 5.92 Å². The molecule has 1 aliphatic heterocycles. The second kappa shape index (κ2) is 7.33. The monoisotopic (exact) mass is 332 g/mol. The van der Waals surface area contributed by atoms with Crippen LogP contribution in [-0.4, -0.2) is 29.0 Å². The quantitative estimate of drug-likeness (QED) is 0.884. The summed E-state index contributed by atoms with van der Waals surface area (Å²) >= 11 is 0. The van der Waals surface area contributed by atoms with E-state index in [1.807, 2.05) is 23.9 Å². The number of carbonyl (C=O) groups is 1. The summed E-state index contributed by atoms with van der Waals surface area (Å²) in [6, 6.07) is 6.13. The second-order valence-electron chi connectivity index (χ2n) is 6.04. The predicted molar refractivity (Wildman–Crippen MR) is 87.2 cm³/mol. The highest BCUT2D eigenvalue weighted by atomic mass is 19.1. The minimum Gasteiger partial charge on any atom is -0.490 e. The molecule has 128 valence electrons. The Bertz CT molecular complexity index is 690. The van der Waals surface area contributed by atoms with Crippen LogP contribution in [0.5, 0.6) is 5.75 Å². The van der Waals surface area contributed by atoms with Crippen LogP contribution < -0.4 is 15.4 Å². The molecule has 0 saturated heterocycles. The van der Waals surface area contributed by atoms with Gasteiger partial charge in [0.05, 0.1) is 12.6 Å². The van der Waals surface area contributed by atoms with Crippen molar-refractivity contribution in [2.75, 3.05) is 13.2 Å². The molecular formula is C17H21FN4O2. The van der Waals surface area contributed by atoms with Crippen molar-refractivity contribution >= 4 is 6.03 Å². The standard InChI is InChI=1S/C17H21FN4O2/c1-12(11-22-8-3-7-20-22)10-19-17(23)21-15-6-9-24-16-13(15)4-2-5-14(16)18/h2-5,7-8,12,15H,6,9-11H2,1H3,(H2,19,21,23)/t12?,15-/m0/s1. The van der Waals surface area contributed by atoms with E-state index in [2.05, 4.69) is 15.7 Å². The first-order chi connectivity index (χ1) is 11.6. The minimum absolute atomic E-state index is 0.237. The van der Waals surface area contributed by atoms with Crippen LogP contribution in [0.4, 0.5) is 9.18 Å². The third-order valence-corrected chi connectivity index (χ3v) is 4.00. The van der Waals surface area contributed by atoms with Gasteiger partial charge in [-0.3, -0.25) is 4.68 Å². The van der Waals surface area contributed by atoms with E-state index in [4.69, 9.17) is 4.74 Å². The fourth-order valence-electron chi connectivity index (χ4n) is 2.80. The lowest BCUT2D eigenvalue weighted by molar-refractivity contribution is 0.218. The maximum absolute atomic E-state index is 13.8. The highest BCUT2D eigenvalue weighted by molar-refractivity contribution is 5.74. The summed E-state index contributed by atoms with van der Waals surface area (Å²) in [6.45, 7) is 3.69. The molecule has 1 aromatic heterocycles. The van der Waals surface area contributed by atoms with Crippen molar-refractivity contribution in [1.82, 2.24) is 20.4 Å². The maximum atomic E-state index is 13.8. The van der Waals surface area contributed by atoms with Crippen molar-refractivity contribution in [3.05, 3.63) is 48.0 Å². The number of fused-ring (bicyclic) bond motifs is 1. The molecule has 0 bridgehead atoms. The number of rotatable bonds is 5. The molecule has 2 atom stereocenters. The van der Waals surface area contributed by atoms with Crippen molar-refractivity contribution in [3.8, 4) is 5.75 Å². The number of aromatic nitrogens is 2. The van der Waals surface area contributed by atoms with E-state index in [-0.39, 0.29) is 23.7 Å². The smallest absolute Gasteiger partial charge is 0.315 e. The minimum atomic E-state index is -0.396. The average Bonchev–Trinajstić information content (AvgIpc) is 3.07. The van der Waals surface area contributed by atoms with Gasteiger partial charge >= 0.3 is 6.03 Å². The van der Waals surface area contributed by atoms with Crippen molar-refractivity contribution in [1.29, 1.82) is 0 Å². The summed E-state index contributed by atoms with van der Waals surface area (Å²) in [4.78, 5) is 12.1. The molecule has 2 amide bonds. The molecule has 0 spiro atoms. The van der Waals surface area contributed by atoms with Crippen LogP contribution in [0.3, 0.4) is 0 Å². The van der Waals surface area contributed by atoms with E-state index in [0.717, 1.165) is 6.54 Å². The zero-order valence-electron chi connectivity index (χ0n) is 13.5. The molecular weight excluding hydrogens is 311 g/mol. The molecule has 0 saturated carbocycles. The highest BCUT2D eigenvalue weighted by Crippen LogP contribution is 2.33. The largest absolute Gasteiger partial charge is 0.490 e. The SMILES string of the molecule is CC(CNC(=O)N[C@H]1CCOc2c(F)cccc21)Cn1cccn1. The van der Waals surface area contributed by atoms with Gasteiger partial charge in [0.2, 0.25) is 0 Å². The van der Waals surface area contributed by atoms with Crippen molar-refractivity contribution in [3.63, 3.8) is 0 Å². The first-order valence-electron chi connectivity index (χ1n) is 8.06. The predicted octanol–water partition coefficient (Wildman–Crippen LogP) is 2.48. The van der Waals surface area contributed by atoms with E-state index in [9.17, 15) is 9.18 Å². The molecule has 0 fully saturated rings. The lowest BCUT2D eigenvalue weighted by Crippen LogP contribution is -2.41. The Morgan fingerprint density at radius 3 is 3.17 bits per heavy atom. The molecule has 2 N–H and O–H groups in total. The molecule has 6 nitrogen and oxygen atoms in total. The normalized spacial score (nSPS) is 17.5. The molecule has 0 aliphatic carbocycles. The number of hydrogen-bond acceptors (Lipinski definition) is 3.